The van der Waals surface area contributed by atoms with Crippen molar-refractivity contribution in [3.8, 4) is 17.1 Å². The molecule has 1 atom stereocenters. The number of amides is 1. The molecule has 0 radical (unpaired) electrons. The number of aryl methyl sites for hydroxylation is 1. The third-order valence-electron chi connectivity index (χ3n) is 5.08. The van der Waals surface area contributed by atoms with E-state index in [1.54, 1.807) is 6.26 Å². The zero-order chi connectivity index (χ0) is 23.2. The van der Waals surface area contributed by atoms with E-state index in [9.17, 15) is 4.79 Å². The maximum absolute atomic E-state index is 12.9. The predicted octanol–water partition coefficient (Wildman–Crippen LogP) is 5.41. The largest absolute Gasteiger partial charge is 0.494 e. The first-order valence-corrected chi connectivity index (χ1v) is 11.6. The number of carbonyl (C=O) groups excluding carboxylic acids is 1. The molecule has 0 aliphatic heterocycles. The topological polar surface area (TPSA) is 82.2 Å². The van der Waals surface area contributed by atoms with E-state index in [1.807, 2.05) is 73.9 Å². The van der Waals surface area contributed by atoms with Gasteiger partial charge in [0, 0.05) is 5.69 Å². The third kappa shape index (κ3) is 5.46. The fraction of sp³-hybridized carbons (Fsp3) is 0.240. The summed E-state index contributed by atoms with van der Waals surface area (Å²) in [5.41, 5.74) is 2.72. The SMILES string of the molecule is CCOc1ccc(NC(=O)C(C)Sc2nnc(-c3ccoc3C)n2Cc2ccccc2)cc1. The van der Waals surface area contributed by atoms with Crippen molar-refractivity contribution < 1.29 is 13.9 Å². The zero-order valence-electron chi connectivity index (χ0n) is 18.8. The van der Waals surface area contributed by atoms with Gasteiger partial charge in [0.1, 0.15) is 11.5 Å². The predicted molar refractivity (Wildman–Crippen MR) is 130 cm³/mol. The van der Waals surface area contributed by atoms with Crippen LogP contribution in [0.2, 0.25) is 0 Å². The molecule has 7 nitrogen and oxygen atoms in total. The maximum Gasteiger partial charge on any atom is 0.237 e. The van der Waals surface area contributed by atoms with Gasteiger partial charge >= 0.3 is 0 Å². The van der Waals surface area contributed by atoms with Crippen LogP contribution in [-0.4, -0.2) is 32.5 Å². The van der Waals surface area contributed by atoms with Gasteiger partial charge < -0.3 is 14.5 Å². The molecule has 1 unspecified atom stereocenters. The minimum absolute atomic E-state index is 0.112. The number of thioether (sulfide) groups is 1. The summed E-state index contributed by atoms with van der Waals surface area (Å²) in [6.45, 7) is 6.88. The molecular formula is C25H26N4O3S. The van der Waals surface area contributed by atoms with Gasteiger partial charge in [0.2, 0.25) is 5.91 Å². The van der Waals surface area contributed by atoms with Gasteiger partial charge in [0.15, 0.2) is 11.0 Å². The van der Waals surface area contributed by atoms with E-state index in [1.165, 1.54) is 11.8 Å². The van der Waals surface area contributed by atoms with Crippen LogP contribution in [0.1, 0.15) is 25.2 Å². The molecule has 4 rings (SSSR count). The smallest absolute Gasteiger partial charge is 0.237 e. The molecule has 2 heterocycles. The molecule has 2 aromatic carbocycles. The summed E-state index contributed by atoms with van der Waals surface area (Å²) >= 11 is 1.37. The van der Waals surface area contributed by atoms with Crippen LogP contribution in [0, 0.1) is 6.92 Å². The van der Waals surface area contributed by atoms with Crippen LogP contribution >= 0.6 is 11.8 Å². The van der Waals surface area contributed by atoms with Gasteiger partial charge in [-0.05, 0) is 56.7 Å². The molecule has 0 fully saturated rings. The van der Waals surface area contributed by atoms with Crippen molar-refractivity contribution in [1.29, 1.82) is 0 Å². The molecule has 0 bridgehead atoms. The number of carbonyl (C=O) groups is 1. The van der Waals surface area contributed by atoms with E-state index in [0.29, 0.717) is 24.1 Å². The highest BCUT2D eigenvalue weighted by Crippen LogP contribution is 2.30. The number of rotatable bonds is 9. The average Bonchev–Trinajstić information content (AvgIpc) is 3.41. The van der Waals surface area contributed by atoms with Crippen LogP contribution in [0.5, 0.6) is 5.75 Å². The molecule has 1 amide bonds. The Balaban J connectivity index is 1.53. The van der Waals surface area contributed by atoms with Crippen LogP contribution < -0.4 is 10.1 Å². The van der Waals surface area contributed by atoms with Crippen LogP contribution in [0.25, 0.3) is 11.4 Å². The molecule has 0 saturated heterocycles. The second kappa shape index (κ2) is 10.4. The summed E-state index contributed by atoms with van der Waals surface area (Å²) in [7, 11) is 0. The van der Waals surface area contributed by atoms with Crippen molar-refractivity contribution >= 4 is 23.4 Å². The number of nitrogens with one attached hydrogen (secondary N) is 1. The van der Waals surface area contributed by atoms with Gasteiger partial charge in [0.05, 0.1) is 30.2 Å². The summed E-state index contributed by atoms with van der Waals surface area (Å²) in [5, 5.41) is 12.1. The van der Waals surface area contributed by atoms with Gasteiger partial charge in [-0.25, -0.2) is 0 Å². The summed E-state index contributed by atoms with van der Waals surface area (Å²) in [6.07, 6.45) is 1.64. The lowest BCUT2D eigenvalue weighted by Gasteiger charge is -2.14. The first-order chi connectivity index (χ1) is 16.0. The number of aromatic nitrogens is 3. The molecular weight excluding hydrogens is 436 g/mol. The minimum Gasteiger partial charge on any atom is -0.494 e. The fourth-order valence-electron chi connectivity index (χ4n) is 3.36. The average molecular weight is 463 g/mol. The van der Waals surface area contributed by atoms with Gasteiger partial charge in [-0.3, -0.25) is 9.36 Å². The Bertz CT molecular complexity index is 1200. The fourth-order valence-corrected chi connectivity index (χ4v) is 4.21. The Hall–Kier alpha value is -3.52. The van der Waals surface area contributed by atoms with Crippen molar-refractivity contribution in [2.75, 3.05) is 11.9 Å². The third-order valence-corrected chi connectivity index (χ3v) is 6.16. The summed E-state index contributed by atoms with van der Waals surface area (Å²) < 4.78 is 13.0. The molecule has 0 spiro atoms. The maximum atomic E-state index is 12.9. The van der Waals surface area contributed by atoms with Crippen molar-refractivity contribution in [3.05, 3.63) is 78.3 Å². The molecule has 0 aliphatic carbocycles. The standard InChI is InChI=1S/C25H26N4O3S/c1-4-31-21-12-10-20(11-13-21)26-24(30)18(3)33-25-28-27-23(22-14-15-32-17(22)2)29(25)16-19-8-6-5-7-9-19/h5-15,18H,4,16H2,1-3H3,(H,26,30). The van der Waals surface area contributed by atoms with Gasteiger partial charge in [-0.15, -0.1) is 10.2 Å². The number of benzene rings is 2. The number of furan rings is 1. The second-order valence-corrected chi connectivity index (χ2v) is 8.78. The van der Waals surface area contributed by atoms with E-state index < -0.39 is 0 Å². The zero-order valence-corrected chi connectivity index (χ0v) is 19.6. The number of nitrogens with zero attached hydrogens (tertiary/aromatic N) is 3. The second-order valence-electron chi connectivity index (χ2n) is 7.48. The molecule has 33 heavy (non-hydrogen) atoms. The molecule has 1 N–H and O–H groups in total. The lowest BCUT2D eigenvalue weighted by Crippen LogP contribution is -2.23. The van der Waals surface area contributed by atoms with Crippen LogP contribution in [0.4, 0.5) is 5.69 Å². The van der Waals surface area contributed by atoms with Gasteiger partial charge in [0.25, 0.3) is 0 Å². The highest BCUT2D eigenvalue weighted by molar-refractivity contribution is 8.00. The van der Waals surface area contributed by atoms with Crippen molar-refractivity contribution in [2.24, 2.45) is 0 Å². The number of hydrogen-bond acceptors (Lipinski definition) is 6. The number of anilines is 1. The lowest BCUT2D eigenvalue weighted by molar-refractivity contribution is -0.115. The first kappa shape index (κ1) is 22.7. The highest BCUT2D eigenvalue weighted by Gasteiger charge is 2.22. The van der Waals surface area contributed by atoms with Gasteiger partial charge in [-0.1, -0.05) is 42.1 Å². The monoisotopic (exact) mass is 462 g/mol. The van der Waals surface area contributed by atoms with E-state index in [-0.39, 0.29) is 11.2 Å². The number of ether oxygens (including phenoxy) is 1. The lowest BCUT2D eigenvalue weighted by atomic mass is 10.2. The van der Waals surface area contributed by atoms with E-state index >= 15 is 0 Å². The molecule has 8 heteroatoms. The van der Waals surface area contributed by atoms with E-state index in [2.05, 4.69) is 27.6 Å². The van der Waals surface area contributed by atoms with Crippen LogP contribution in [0.15, 0.2) is 76.5 Å². The first-order valence-electron chi connectivity index (χ1n) is 10.8. The Kier molecular flexibility index (Phi) is 7.14. The Morgan fingerprint density at radius 3 is 2.55 bits per heavy atom. The van der Waals surface area contributed by atoms with E-state index in [0.717, 1.165) is 28.3 Å². The van der Waals surface area contributed by atoms with E-state index in [4.69, 9.17) is 9.15 Å². The van der Waals surface area contributed by atoms with Crippen molar-refractivity contribution in [1.82, 2.24) is 14.8 Å². The molecule has 0 saturated carbocycles. The highest BCUT2D eigenvalue weighted by atomic mass is 32.2. The van der Waals surface area contributed by atoms with Gasteiger partial charge in [-0.2, -0.15) is 0 Å². The molecule has 4 aromatic rings. The molecule has 2 aromatic heterocycles. The summed E-state index contributed by atoms with van der Waals surface area (Å²) in [5.74, 6) is 2.15. The molecule has 0 aliphatic rings. The quantitative estimate of drug-likeness (QED) is 0.335. The Morgan fingerprint density at radius 2 is 1.88 bits per heavy atom. The summed E-state index contributed by atoms with van der Waals surface area (Å²) in [6, 6.07) is 19.3. The van der Waals surface area contributed by atoms with Crippen molar-refractivity contribution in [3.63, 3.8) is 0 Å². The van der Waals surface area contributed by atoms with Crippen LogP contribution in [-0.2, 0) is 11.3 Å². The van der Waals surface area contributed by atoms with Crippen LogP contribution in [0.3, 0.4) is 0 Å². The number of hydrogen-bond donors (Lipinski definition) is 1. The normalized spacial score (nSPS) is 11.8. The molecule has 170 valence electrons. The summed E-state index contributed by atoms with van der Waals surface area (Å²) in [4.78, 5) is 12.9. The van der Waals surface area contributed by atoms with Crippen molar-refractivity contribution in [2.45, 2.75) is 37.7 Å². The Morgan fingerprint density at radius 1 is 1.12 bits per heavy atom. The minimum atomic E-state index is -0.381. The Labute approximate surface area is 197 Å².